The number of rotatable bonds is 8. The molecule has 0 saturated heterocycles. The highest BCUT2D eigenvalue weighted by Gasteiger charge is 2.25. The van der Waals surface area contributed by atoms with Gasteiger partial charge in [-0.05, 0) is 43.4 Å². The predicted octanol–water partition coefficient (Wildman–Crippen LogP) is 2.61. The van der Waals surface area contributed by atoms with Crippen LogP contribution in [0.4, 0.5) is 5.69 Å². The molecule has 3 aromatic rings. The normalized spacial score (nSPS) is 15.3. The first-order valence-corrected chi connectivity index (χ1v) is 13.5. The second-order valence-corrected chi connectivity index (χ2v) is 10.1. The maximum atomic E-state index is 13.7. The molecule has 5 rings (SSSR count). The summed E-state index contributed by atoms with van der Waals surface area (Å²) in [5, 5.41) is 3.20. The van der Waals surface area contributed by atoms with Crippen LogP contribution in [0.15, 0.2) is 46.0 Å². The van der Waals surface area contributed by atoms with Gasteiger partial charge >= 0.3 is 5.69 Å². The fourth-order valence-corrected chi connectivity index (χ4v) is 5.69. The van der Waals surface area contributed by atoms with Gasteiger partial charge in [0, 0.05) is 37.3 Å². The summed E-state index contributed by atoms with van der Waals surface area (Å²) < 4.78 is 13.2. The number of aryl methyl sites for hydroxylation is 1. The number of amides is 2. The van der Waals surface area contributed by atoms with Crippen molar-refractivity contribution in [3.8, 4) is 11.5 Å². The maximum Gasteiger partial charge on any atom is 0.331 e. The Kier molecular flexibility index (Phi) is 7.72. The van der Waals surface area contributed by atoms with Crippen LogP contribution in [0.25, 0.3) is 10.9 Å². The molecule has 10 nitrogen and oxygen atoms in total. The van der Waals surface area contributed by atoms with Crippen LogP contribution in [0.5, 0.6) is 11.5 Å². The Balaban J connectivity index is 1.53. The number of methoxy groups -OCH3 is 2. The van der Waals surface area contributed by atoms with Crippen molar-refractivity contribution >= 4 is 28.4 Å². The topological polar surface area (TPSA) is 112 Å². The quantitative estimate of drug-likeness (QED) is 0.476. The zero-order valence-electron chi connectivity index (χ0n) is 22.4. The molecule has 2 amide bonds. The molecule has 206 valence electrons. The Morgan fingerprint density at radius 3 is 2.44 bits per heavy atom. The monoisotopic (exact) mass is 534 g/mol. The van der Waals surface area contributed by atoms with Gasteiger partial charge in [-0.3, -0.25) is 23.5 Å². The lowest BCUT2D eigenvalue weighted by atomic mass is 10.0. The van der Waals surface area contributed by atoms with E-state index in [-0.39, 0.29) is 48.3 Å². The molecule has 2 heterocycles. The number of nitrogens with one attached hydrogen (secondary N) is 1. The van der Waals surface area contributed by atoms with E-state index in [1.807, 2.05) is 24.3 Å². The summed E-state index contributed by atoms with van der Waals surface area (Å²) in [7, 11) is 2.93. The fraction of sp³-hybridized carbons (Fsp3) is 0.448. The first-order valence-electron chi connectivity index (χ1n) is 13.5. The number of hydrogen-bond donors (Lipinski definition) is 1. The molecule has 0 spiro atoms. The Morgan fingerprint density at radius 1 is 0.974 bits per heavy atom. The van der Waals surface area contributed by atoms with Crippen LogP contribution in [-0.4, -0.2) is 47.8 Å². The maximum absolute atomic E-state index is 13.7. The van der Waals surface area contributed by atoms with Crippen molar-refractivity contribution in [3.05, 3.63) is 62.8 Å². The van der Waals surface area contributed by atoms with Crippen molar-refractivity contribution in [2.24, 2.45) is 0 Å². The SMILES string of the molecule is COc1cc2c(=O)n(CCC(=O)NC3CCCC3)c(=O)n(CC(=O)N3CCCc4ccccc43)c2cc1OC. The van der Waals surface area contributed by atoms with E-state index in [1.165, 1.54) is 24.9 Å². The molecule has 1 aromatic heterocycles. The predicted molar refractivity (Wildman–Crippen MR) is 148 cm³/mol. The van der Waals surface area contributed by atoms with Crippen LogP contribution in [0, 0.1) is 0 Å². The molecule has 2 aliphatic rings. The lowest BCUT2D eigenvalue weighted by Crippen LogP contribution is -2.45. The largest absolute Gasteiger partial charge is 0.493 e. The van der Waals surface area contributed by atoms with Gasteiger partial charge in [0.1, 0.15) is 6.54 Å². The van der Waals surface area contributed by atoms with Crippen LogP contribution in [0.1, 0.15) is 44.1 Å². The number of ether oxygens (including phenoxy) is 2. The minimum atomic E-state index is -0.646. The van der Waals surface area contributed by atoms with E-state index in [9.17, 15) is 19.2 Å². The summed E-state index contributed by atoms with van der Waals surface area (Å²) in [6.45, 7) is 0.176. The van der Waals surface area contributed by atoms with Crippen molar-refractivity contribution in [2.45, 2.75) is 64.1 Å². The van der Waals surface area contributed by atoms with E-state index in [4.69, 9.17) is 9.47 Å². The molecule has 0 radical (unpaired) electrons. The average Bonchev–Trinajstić information content (AvgIpc) is 3.47. The van der Waals surface area contributed by atoms with Crippen molar-refractivity contribution < 1.29 is 19.1 Å². The molecule has 1 fully saturated rings. The number of hydrogen-bond acceptors (Lipinski definition) is 6. The molecular formula is C29H34N4O6. The van der Waals surface area contributed by atoms with Crippen molar-refractivity contribution in [2.75, 3.05) is 25.7 Å². The molecule has 2 aromatic carbocycles. The smallest absolute Gasteiger partial charge is 0.331 e. The van der Waals surface area contributed by atoms with E-state index >= 15 is 0 Å². The van der Waals surface area contributed by atoms with Crippen LogP contribution in [-0.2, 0) is 29.1 Å². The second-order valence-electron chi connectivity index (χ2n) is 10.1. The van der Waals surface area contributed by atoms with E-state index in [0.717, 1.165) is 54.3 Å². The number of para-hydroxylation sites is 1. The van der Waals surface area contributed by atoms with E-state index in [1.54, 1.807) is 11.0 Å². The van der Waals surface area contributed by atoms with Gasteiger partial charge in [0.25, 0.3) is 5.56 Å². The van der Waals surface area contributed by atoms with Crippen LogP contribution in [0.3, 0.4) is 0 Å². The summed E-state index contributed by atoms with van der Waals surface area (Å²) in [4.78, 5) is 55.1. The molecule has 1 saturated carbocycles. The summed E-state index contributed by atoms with van der Waals surface area (Å²) in [6, 6.07) is 11.0. The summed E-state index contributed by atoms with van der Waals surface area (Å²) in [5.74, 6) is 0.203. The summed E-state index contributed by atoms with van der Waals surface area (Å²) in [5.41, 5.74) is 0.998. The number of aromatic nitrogens is 2. The number of carbonyl (C=O) groups is 2. The third kappa shape index (κ3) is 5.28. The molecular weight excluding hydrogens is 500 g/mol. The lowest BCUT2D eigenvalue weighted by Gasteiger charge is -2.30. The van der Waals surface area contributed by atoms with Gasteiger partial charge in [-0.1, -0.05) is 31.0 Å². The molecule has 0 atom stereocenters. The highest BCUT2D eigenvalue weighted by Crippen LogP contribution is 2.31. The highest BCUT2D eigenvalue weighted by molar-refractivity contribution is 5.95. The van der Waals surface area contributed by atoms with Gasteiger partial charge in [-0.2, -0.15) is 0 Å². The third-order valence-electron chi connectivity index (χ3n) is 7.72. The van der Waals surface area contributed by atoms with Crippen LogP contribution in [0.2, 0.25) is 0 Å². The van der Waals surface area contributed by atoms with E-state index < -0.39 is 11.2 Å². The third-order valence-corrected chi connectivity index (χ3v) is 7.72. The number of benzene rings is 2. The van der Waals surface area contributed by atoms with E-state index in [0.29, 0.717) is 18.0 Å². The average molecular weight is 535 g/mol. The Labute approximate surface area is 226 Å². The lowest BCUT2D eigenvalue weighted by molar-refractivity contribution is -0.122. The zero-order chi connectivity index (χ0) is 27.5. The fourth-order valence-electron chi connectivity index (χ4n) is 5.69. The summed E-state index contributed by atoms with van der Waals surface area (Å²) in [6.07, 6.45) is 5.74. The molecule has 1 aliphatic carbocycles. The standard InChI is InChI=1S/C29H34N4O6/c1-38-24-16-21-23(17-25(24)39-2)33(18-27(35)31-14-7-9-19-8-3-6-12-22(19)31)29(37)32(28(21)36)15-13-26(34)30-20-10-4-5-11-20/h3,6,8,12,16-17,20H,4-5,7,9-11,13-15,18H2,1-2H3,(H,30,34). The van der Waals surface area contributed by atoms with Gasteiger partial charge in [0.15, 0.2) is 11.5 Å². The number of fused-ring (bicyclic) bond motifs is 2. The molecule has 1 aliphatic heterocycles. The van der Waals surface area contributed by atoms with Crippen molar-refractivity contribution in [3.63, 3.8) is 0 Å². The zero-order valence-corrected chi connectivity index (χ0v) is 22.4. The molecule has 1 N–H and O–H groups in total. The van der Waals surface area contributed by atoms with Gasteiger partial charge in [-0.25, -0.2) is 4.79 Å². The van der Waals surface area contributed by atoms with Crippen LogP contribution >= 0.6 is 0 Å². The minimum absolute atomic E-state index is 0.0160. The first kappa shape index (κ1) is 26.5. The number of anilines is 1. The number of nitrogens with zero attached hydrogens (tertiary/aromatic N) is 3. The van der Waals surface area contributed by atoms with Crippen molar-refractivity contribution in [1.82, 2.24) is 14.5 Å². The van der Waals surface area contributed by atoms with E-state index in [2.05, 4.69) is 5.32 Å². The Hall–Kier alpha value is -4.08. The van der Waals surface area contributed by atoms with Gasteiger partial charge in [0.05, 0.1) is 25.1 Å². The molecule has 0 bridgehead atoms. The van der Waals surface area contributed by atoms with Crippen LogP contribution < -0.4 is 30.9 Å². The Morgan fingerprint density at radius 2 is 1.69 bits per heavy atom. The molecule has 0 unspecified atom stereocenters. The van der Waals surface area contributed by atoms with Gasteiger partial charge in [-0.15, -0.1) is 0 Å². The highest BCUT2D eigenvalue weighted by atomic mass is 16.5. The molecule has 10 heteroatoms. The van der Waals surface area contributed by atoms with Gasteiger partial charge < -0.3 is 19.7 Å². The first-order chi connectivity index (χ1) is 18.9. The Bertz CT molecular complexity index is 1520. The molecule has 39 heavy (non-hydrogen) atoms. The van der Waals surface area contributed by atoms with Crippen molar-refractivity contribution in [1.29, 1.82) is 0 Å². The second kappa shape index (κ2) is 11.3. The summed E-state index contributed by atoms with van der Waals surface area (Å²) >= 11 is 0. The minimum Gasteiger partial charge on any atom is -0.493 e. The van der Waals surface area contributed by atoms with Gasteiger partial charge in [0.2, 0.25) is 11.8 Å². The number of carbonyl (C=O) groups excluding carboxylic acids is 2.